The van der Waals surface area contributed by atoms with Gasteiger partial charge in [0.25, 0.3) is 0 Å². The van der Waals surface area contributed by atoms with Crippen molar-refractivity contribution in [2.24, 2.45) is 11.1 Å². The van der Waals surface area contributed by atoms with Crippen molar-refractivity contribution in [3.63, 3.8) is 0 Å². The minimum atomic E-state index is 0.255. The van der Waals surface area contributed by atoms with Crippen LogP contribution in [0.4, 0.5) is 0 Å². The van der Waals surface area contributed by atoms with Gasteiger partial charge in [-0.3, -0.25) is 9.88 Å². The van der Waals surface area contributed by atoms with Crippen LogP contribution < -0.4 is 9.47 Å². The lowest BCUT2D eigenvalue weighted by atomic mass is 9.97. The molecule has 1 aromatic heterocycles. The van der Waals surface area contributed by atoms with Crippen molar-refractivity contribution in [1.82, 2.24) is 9.88 Å². The molecule has 1 atom stereocenters. The van der Waals surface area contributed by atoms with Crippen LogP contribution in [0.15, 0.2) is 17.4 Å². The van der Waals surface area contributed by atoms with E-state index in [4.69, 9.17) is 14.7 Å². The van der Waals surface area contributed by atoms with Gasteiger partial charge in [0.05, 0.1) is 19.9 Å². The van der Waals surface area contributed by atoms with E-state index in [2.05, 4.69) is 22.0 Å². The summed E-state index contributed by atoms with van der Waals surface area (Å²) in [4.78, 5) is 6.67. The first kappa shape index (κ1) is 14.6. The first-order chi connectivity index (χ1) is 9.69. The van der Waals surface area contributed by atoms with Crippen LogP contribution in [0.3, 0.4) is 0 Å². The summed E-state index contributed by atoms with van der Waals surface area (Å²) in [5.74, 6) is 1.63. The molecule has 0 saturated carbocycles. The van der Waals surface area contributed by atoms with Gasteiger partial charge in [-0.25, -0.2) is 0 Å². The minimum absolute atomic E-state index is 0.255. The Morgan fingerprint density at radius 2 is 2.25 bits per heavy atom. The summed E-state index contributed by atoms with van der Waals surface area (Å²) in [6, 6.07) is 1.79. The van der Waals surface area contributed by atoms with Crippen LogP contribution in [0.5, 0.6) is 11.5 Å². The Bertz CT molecular complexity index is 491. The van der Waals surface area contributed by atoms with Gasteiger partial charge in [0.1, 0.15) is 5.69 Å². The van der Waals surface area contributed by atoms with Gasteiger partial charge in [-0.15, -0.1) is 0 Å². The molecule has 0 bridgehead atoms. The number of ether oxygens (including phenoxy) is 2. The number of rotatable bonds is 4. The van der Waals surface area contributed by atoms with E-state index in [1.54, 1.807) is 26.5 Å². The third-order valence-corrected chi connectivity index (χ3v) is 3.65. The lowest BCUT2D eigenvalue weighted by Crippen LogP contribution is -2.39. The fourth-order valence-corrected chi connectivity index (χ4v) is 2.57. The molecule has 1 fully saturated rings. The Balaban J connectivity index is 2.11. The molecule has 0 amide bonds. The van der Waals surface area contributed by atoms with Crippen LogP contribution in [-0.2, 0) is 6.54 Å². The van der Waals surface area contributed by atoms with Crippen LogP contribution in [-0.4, -0.2) is 48.1 Å². The highest BCUT2D eigenvalue weighted by Crippen LogP contribution is 2.30. The molecule has 0 radical (unpaired) electrons. The maximum absolute atomic E-state index is 8.91. The molecular weight excluding hydrogens is 258 g/mol. The largest absolute Gasteiger partial charge is 0.493 e. The number of hydrogen-bond donors (Lipinski definition) is 1. The fraction of sp³-hybridized carbons (Fsp3) is 0.571. The van der Waals surface area contributed by atoms with Gasteiger partial charge in [-0.2, -0.15) is 0 Å². The average Bonchev–Trinajstić information content (AvgIpc) is 2.47. The molecule has 1 aliphatic rings. The molecule has 2 rings (SSSR count). The molecular formula is C14H21N3O3. The SMILES string of the molecule is COc1ccnc(CN2CC/C(=N/O)C(C)C2)c1OC. The van der Waals surface area contributed by atoms with Gasteiger partial charge < -0.3 is 14.7 Å². The third-order valence-electron chi connectivity index (χ3n) is 3.65. The first-order valence-corrected chi connectivity index (χ1v) is 6.68. The van der Waals surface area contributed by atoms with Gasteiger partial charge in [-0.1, -0.05) is 12.1 Å². The summed E-state index contributed by atoms with van der Waals surface area (Å²) in [5.41, 5.74) is 1.73. The van der Waals surface area contributed by atoms with Crippen LogP contribution in [0.2, 0.25) is 0 Å². The van der Waals surface area contributed by atoms with Crippen LogP contribution in [0.25, 0.3) is 0 Å². The van der Waals surface area contributed by atoms with E-state index >= 15 is 0 Å². The Morgan fingerprint density at radius 1 is 1.45 bits per heavy atom. The molecule has 1 aromatic rings. The second kappa shape index (κ2) is 6.56. The van der Waals surface area contributed by atoms with E-state index < -0.39 is 0 Å². The monoisotopic (exact) mass is 279 g/mol. The predicted molar refractivity (Wildman–Crippen MR) is 75.6 cm³/mol. The number of nitrogens with zero attached hydrogens (tertiary/aromatic N) is 3. The number of methoxy groups -OCH3 is 2. The quantitative estimate of drug-likeness (QED) is 0.672. The standard InChI is InChI=1S/C14H21N3O3/c1-10-8-17(7-5-11(10)16-18)9-12-14(20-3)13(19-2)4-6-15-12/h4,6,10,18H,5,7-9H2,1-3H3/b16-11-. The molecule has 6 heteroatoms. The zero-order chi connectivity index (χ0) is 14.5. The molecule has 110 valence electrons. The average molecular weight is 279 g/mol. The van der Waals surface area contributed by atoms with Gasteiger partial charge in [0, 0.05) is 44.2 Å². The van der Waals surface area contributed by atoms with Gasteiger partial charge >= 0.3 is 0 Å². The highest BCUT2D eigenvalue weighted by atomic mass is 16.5. The lowest BCUT2D eigenvalue weighted by molar-refractivity contribution is 0.222. The highest BCUT2D eigenvalue weighted by molar-refractivity contribution is 5.86. The topological polar surface area (TPSA) is 67.2 Å². The highest BCUT2D eigenvalue weighted by Gasteiger charge is 2.24. The maximum Gasteiger partial charge on any atom is 0.183 e. The number of aromatic nitrogens is 1. The van der Waals surface area contributed by atoms with E-state index in [-0.39, 0.29) is 5.92 Å². The van der Waals surface area contributed by atoms with E-state index in [0.717, 1.165) is 30.9 Å². The summed E-state index contributed by atoms with van der Waals surface area (Å²) in [7, 11) is 3.24. The molecule has 6 nitrogen and oxygen atoms in total. The second-order valence-corrected chi connectivity index (χ2v) is 4.97. The zero-order valence-electron chi connectivity index (χ0n) is 12.2. The van der Waals surface area contributed by atoms with E-state index in [0.29, 0.717) is 18.0 Å². The van der Waals surface area contributed by atoms with Gasteiger partial charge in [0.2, 0.25) is 0 Å². The van der Waals surface area contributed by atoms with E-state index in [9.17, 15) is 0 Å². The molecule has 0 aliphatic carbocycles. The lowest BCUT2D eigenvalue weighted by Gasteiger charge is -2.31. The third kappa shape index (κ3) is 3.01. The number of pyridine rings is 1. The Morgan fingerprint density at radius 3 is 2.85 bits per heavy atom. The van der Waals surface area contributed by atoms with Crippen LogP contribution in [0, 0.1) is 5.92 Å². The second-order valence-electron chi connectivity index (χ2n) is 4.97. The van der Waals surface area contributed by atoms with E-state index in [1.807, 2.05) is 0 Å². The zero-order valence-corrected chi connectivity index (χ0v) is 12.2. The number of oxime groups is 1. The molecule has 1 N–H and O–H groups in total. The maximum atomic E-state index is 8.91. The summed E-state index contributed by atoms with van der Waals surface area (Å²) >= 11 is 0. The smallest absolute Gasteiger partial charge is 0.183 e. The van der Waals surface area contributed by atoms with Crippen molar-refractivity contribution >= 4 is 5.71 Å². The summed E-state index contributed by atoms with van der Waals surface area (Å²) in [6.07, 6.45) is 2.51. The molecule has 20 heavy (non-hydrogen) atoms. The molecule has 1 unspecified atom stereocenters. The van der Waals surface area contributed by atoms with E-state index in [1.165, 1.54) is 0 Å². The number of likely N-dealkylation sites (tertiary alicyclic amines) is 1. The normalized spacial score (nSPS) is 21.9. The van der Waals surface area contributed by atoms with Crippen molar-refractivity contribution in [3.05, 3.63) is 18.0 Å². The van der Waals surface area contributed by atoms with Crippen molar-refractivity contribution in [2.75, 3.05) is 27.3 Å². The Kier molecular flexibility index (Phi) is 4.79. The number of hydrogen-bond acceptors (Lipinski definition) is 6. The minimum Gasteiger partial charge on any atom is -0.493 e. The molecule has 1 aliphatic heterocycles. The fourth-order valence-electron chi connectivity index (χ4n) is 2.57. The van der Waals surface area contributed by atoms with Crippen molar-refractivity contribution in [2.45, 2.75) is 19.9 Å². The summed E-state index contributed by atoms with van der Waals surface area (Å²) < 4.78 is 10.7. The summed E-state index contributed by atoms with van der Waals surface area (Å²) in [5, 5.41) is 12.3. The van der Waals surface area contributed by atoms with Crippen LogP contribution >= 0.6 is 0 Å². The molecule has 1 saturated heterocycles. The van der Waals surface area contributed by atoms with Gasteiger partial charge in [-0.05, 0) is 0 Å². The van der Waals surface area contributed by atoms with Crippen molar-refractivity contribution in [1.29, 1.82) is 0 Å². The van der Waals surface area contributed by atoms with Gasteiger partial charge in [0.15, 0.2) is 11.5 Å². The Hall–Kier alpha value is -1.82. The number of piperidine rings is 1. The first-order valence-electron chi connectivity index (χ1n) is 6.68. The molecule has 2 heterocycles. The van der Waals surface area contributed by atoms with Crippen molar-refractivity contribution in [3.8, 4) is 11.5 Å². The Labute approximate surface area is 119 Å². The predicted octanol–water partition coefficient (Wildman–Crippen LogP) is 1.77. The van der Waals surface area contributed by atoms with Crippen molar-refractivity contribution < 1.29 is 14.7 Å². The summed E-state index contributed by atoms with van der Waals surface area (Å²) in [6.45, 7) is 4.47. The molecule has 0 spiro atoms. The molecule has 0 aromatic carbocycles. The van der Waals surface area contributed by atoms with Crippen LogP contribution in [0.1, 0.15) is 19.0 Å².